The minimum Gasteiger partial charge on any atom is -0.394 e. The highest BCUT2D eigenvalue weighted by atomic mass is 31.2. The van der Waals surface area contributed by atoms with Gasteiger partial charge in [-0.3, -0.25) is 24.0 Å². The lowest BCUT2D eigenvalue weighted by Gasteiger charge is -2.51. The van der Waals surface area contributed by atoms with Crippen LogP contribution in [-0.2, 0) is 123 Å². The first-order valence-electron chi connectivity index (χ1n) is 44.3. The molecule has 0 bridgehead atoms. The smallest absolute Gasteiger partial charge is 0.394 e. The summed E-state index contributed by atoms with van der Waals surface area (Å²) in [5, 5.41) is 386. The lowest BCUT2D eigenvalue weighted by molar-refractivity contribution is -0.408. The fourth-order valence-electron chi connectivity index (χ4n) is 17.3. The molecule has 0 radical (unpaired) electrons. The average molecular weight is 2080 g/mol. The zero-order valence-corrected chi connectivity index (χ0v) is 75.0. The summed E-state index contributed by atoms with van der Waals surface area (Å²) < 4.78 is 147. The van der Waals surface area contributed by atoms with Gasteiger partial charge in [-0.25, -0.2) is 4.57 Å². The van der Waals surface area contributed by atoms with Crippen LogP contribution in [0.25, 0.3) is 0 Å². The van der Waals surface area contributed by atoms with Gasteiger partial charge >= 0.3 is 7.82 Å². The van der Waals surface area contributed by atoms with Gasteiger partial charge in [-0.15, -0.1) is 0 Å². The number of nitrogens with one attached hydrogen (secondary N) is 3. The monoisotopic (exact) mass is 2080 g/mol. The van der Waals surface area contributed by atoms with Crippen molar-refractivity contribution in [3.63, 3.8) is 0 Å². The summed E-state index contributed by atoms with van der Waals surface area (Å²) in [6, 6.07) is -3.73. The van der Waals surface area contributed by atoms with Crippen LogP contribution < -0.4 is 16.0 Å². The molecule has 0 spiro atoms. The van der Waals surface area contributed by atoms with E-state index in [0.717, 1.165) is 13.8 Å². The summed E-state index contributed by atoms with van der Waals surface area (Å²) >= 11 is 0. The summed E-state index contributed by atoms with van der Waals surface area (Å²) in [5.74, 6) is -1.89. The highest BCUT2D eigenvalue weighted by Crippen LogP contribution is 2.45. The molecular weight excluding hydrogens is 1950 g/mol. The van der Waals surface area contributed by atoms with Crippen LogP contribution in [0.2, 0.25) is 0 Å². The first kappa shape index (κ1) is 117. The SMILES string of the molecule is CC(=O)N[C@@H]1[C@@H](O)[C@H](O[C@@H]2O[C@H](CO)[C@@H](O[C@@H]3O[C@H](CO[C@H]4O[C@H](CO[C@H]5O[C@H](CO)[C@@H](O)[C@H](O)[C@@H]5O[C@H]5O[C@H](CO)[C@@H](O)[C@H](O)[C@@H]5O)[C@@H](O)[C@H](O[C@H]5O[C@H](CO)[C@@H](O)[C@H](O)[C@@H]5O[C@H]5O[C@H](CO)[C@@H](O)[C@H](O)[C@@H]5O)[C@@H]4O)[C@@H](O)[C@H](O[C@H]4O[C@H](CO)[C@@H](O)[C@H](O)[C@@H]4O[C@H]4O[C@H](CO)[C@@H](O)[C@H](O)[C@@H]4O[C@H]4O[C@H](CO)[C@@H](O)[C@H](O)[C@@H]4O)[C@@H]3O)[C@H](O)[C@H]2NC(C)=O)[C@@H](CO)O[C@H]1NCCOP(=O)(O)OCC(O)CO. The van der Waals surface area contributed by atoms with E-state index in [-0.39, 0.29) is 0 Å². The van der Waals surface area contributed by atoms with Gasteiger partial charge in [0, 0.05) is 20.4 Å². The van der Waals surface area contributed by atoms with Crippen molar-refractivity contribution in [2.24, 2.45) is 0 Å². The van der Waals surface area contributed by atoms with E-state index in [4.69, 9.17) is 109 Å². The highest BCUT2D eigenvalue weighted by molar-refractivity contribution is 7.47. The standard InChI is InChI=1S/C75H130N3O61P/c1-18(89)77-32-43(101)57(28(13-87)121-65(32)76-3-4-119-140(115,116)120-15-20(91)5-79)132-66-33(78-19(2)90)44(102)58(29(14-88)129-66)133-71-56(114)60(135-74-64(51(109)40(98)26(11-85)127-74)139-75-63(50(108)39(97)27(12-86)128-75)138-70-54(112)47(105)36(94)23(8-82)124-70)42(100)31(131-71)16-117-67-55(113)59(134-73-62(49(107)38(96)25(10-84)126-73)137-69-53(111)46(104)35(93)22(7-81)123-69)41(99)30(130-67)17-118-72-61(48(106)37(95)24(9-83)125-72)136-68-52(110)45(103)34(92)21(6-80)122-68/h20-76,79-88,91-114H,3-17H2,1-2H3,(H,77,89)(H,78,90)(H,115,116)/t20?,21-,22-,23-,24-,25-,26-,27-,28-,29-,30-,31-,32-,33-,34-,35-,36-,37-,38-,39-,40-,41-,42-,43-,44-,45+,46+,47+,48+,49+,50+,51+,52+,53+,54+,55+,56+,57-,58-,59+,60+,61+,62+,63+,64+,65-,66+,67+,68-,69-,70-,71+,72+,73-,74-,75-/m1/s1. The van der Waals surface area contributed by atoms with Gasteiger partial charge in [0.05, 0.1) is 98.5 Å². The molecule has 140 heavy (non-hydrogen) atoms. The molecule has 2 amide bonds. The second kappa shape index (κ2) is 52.0. The summed E-state index contributed by atoms with van der Waals surface area (Å²) in [4.78, 5) is 36.2. The molecule has 0 saturated carbocycles. The number of aliphatic hydroxyl groups excluding tert-OH is 34. The molecule has 0 aromatic carbocycles. The largest absolute Gasteiger partial charge is 0.472 e. The number of hydrogen-bond donors (Lipinski definition) is 38. The van der Waals surface area contributed by atoms with E-state index in [2.05, 4.69) is 20.5 Å². The Morgan fingerprint density at radius 2 is 0.550 bits per heavy atom. The fourth-order valence-corrected chi connectivity index (χ4v) is 18.0. The third-order valence-corrected chi connectivity index (χ3v) is 26.1. The van der Waals surface area contributed by atoms with Crippen LogP contribution >= 0.6 is 7.82 Å². The normalized spacial score (nSPS) is 49.0. The van der Waals surface area contributed by atoms with Gasteiger partial charge in [0.2, 0.25) is 11.8 Å². The lowest BCUT2D eigenvalue weighted by atomic mass is 9.93. The van der Waals surface area contributed by atoms with E-state index in [1.807, 2.05) is 0 Å². The third kappa shape index (κ3) is 26.7. The molecule has 0 aromatic heterocycles. The van der Waals surface area contributed by atoms with E-state index in [0.29, 0.717) is 0 Å². The molecule has 57 atom stereocenters. The molecule has 0 aliphatic carbocycles. The Kier molecular flexibility index (Phi) is 43.5. The van der Waals surface area contributed by atoms with Gasteiger partial charge in [-0.1, -0.05) is 0 Å². The van der Waals surface area contributed by atoms with Crippen LogP contribution in [0.1, 0.15) is 13.8 Å². The zero-order valence-electron chi connectivity index (χ0n) is 74.2. The molecule has 11 heterocycles. The number of carbonyl (C=O) groups is 2. The van der Waals surface area contributed by atoms with E-state index in [9.17, 15) is 188 Å². The molecule has 38 N–H and O–H groups in total. The Balaban J connectivity index is 0.951. The van der Waals surface area contributed by atoms with Crippen molar-refractivity contribution in [2.75, 3.05) is 99.0 Å². The van der Waals surface area contributed by atoms with Crippen molar-refractivity contribution in [1.82, 2.24) is 16.0 Å². The first-order valence-corrected chi connectivity index (χ1v) is 45.8. The van der Waals surface area contributed by atoms with Gasteiger partial charge in [-0.2, -0.15) is 0 Å². The second-order valence-electron chi connectivity index (χ2n) is 34.8. The summed E-state index contributed by atoms with van der Waals surface area (Å²) in [5.41, 5.74) is 0. The average Bonchev–Trinajstić information content (AvgIpc) is 0.759. The molecule has 2 unspecified atom stereocenters. The number of amides is 2. The van der Waals surface area contributed by atoms with Crippen molar-refractivity contribution in [2.45, 2.75) is 358 Å². The molecule has 11 aliphatic heterocycles. The summed E-state index contributed by atoms with van der Waals surface area (Å²) in [7, 11) is -4.91. The molecule has 11 aliphatic rings. The predicted octanol–water partition coefficient (Wildman–Crippen LogP) is -25.6. The molecule has 11 saturated heterocycles. The van der Waals surface area contributed by atoms with Crippen LogP contribution in [0.15, 0.2) is 0 Å². The Morgan fingerprint density at radius 1 is 0.279 bits per heavy atom. The van der Waals surface area contributed by atoms with Crippen LogP contribution in [0.5, 0.6) is 0 Å². The van der Waals surface area contributed by atoms with E-state index in [1.165, 1.54) is 0 Å². The molecule has 65 heteroatoms. The van der Waals surface area contributed by atoms with Gasteiger partial charge in [0.1, 0.15) is 275 Å². The van der Waals surface area contributed by atoms with Gasteiger partial charge in [-0.05, 0) is 0 Å². The number of phosphoric ester groups is 1. The van der Waals surface area contributed by atoms with Gasteiger partial charge < -0.3 is 289 Å². The molecule has 0 aromatic rings. The highest BCUT2D eigenvalue weighted by Gasteiger charge is 2.63. The first-order chi connectivity index (χ1) is 66.3. The number of rotatable bonds is 42. The van der Waals surface area contributed by atoms with Crippen molar-refractivity contribution in [1.29, 1.82) is 0 Å². The maximum Gasteiger partial charge on any atom is 0.472 e. The number of ether oxygens (including phenoxy) is 21. The predicted molar refractivity (Wildman–Crippen MR) is 426 cm³/mol. The van der Waals surface area contributed by atoms with E-state index in [1.54, 1.807) is 0 Å². The maximum atomic E-state index is 13.3. The molecule has 816 valence electrons. The van der Waals surface area contributed by atoms with Crippen LogP contribution in [-0.4, -0.2) is 633 Å². The Bertz CT molecular complexity index is 3770. The number of hydrogen-bond acceptors (Lipinski definition) is 61. The Morgan fingerprint density at radius 3 is 0.921 bits per heavy atom. The van der Waals surface area contributed by atoms with Gasteiger partial charge in [0.25, 0.3) is 0 Å². The Labute approximate surface area is 791 Å². The quantitative estimate of drug-likeness (QED) is 0.0199. The maximum absolute atomic E-state index is 13.3. The zero-order chi connectivity index (χ0) is 103. The van der Waals surface area contributed by atoms with Crippen molar-refractivity contribution in [3.8, 4) is 0 Å². The molecule has 64 nitrogen and oxygen atoms in total. The van der Waals surface area contributed by atoms with Crippen molar-refractivity contribution >= 4 is 19.6 Å². The van der Waals surface area contributed by atoms with Crippen molar-refractivity contribution < 1.29 is 301 Å². The van der Waals surface area contributed by atoms with Crippen LogP contribution in [0.3, 0.4) is 0 Å². The molecular formula is C75H130N3O61P. The van der Waals surface area contributed by atoms with Crippen LogP contribution in [0, 0.1) is 0 Å². The minimum atomic E-state index is -4.91. The summed E-state index contributed by atoms with van der Waals surface area (Å²) in [6.07, 6.45) is -120. The number of aliphatic hydroxyl groups is 34. The molecule has 11 rings (SSSR count). The van der Waals surface area contributed by atoms with Crippen molar-refractivity contribution in [3.05, 3.63) is 0 Å². The van der Waals surface area contributed by atoms with Gasteiger partial charge in [0.15, 0.2) is 62.9 Å². The fraction of sp³-hybridized carbons (Fsp3) is 0.973. The Hall–Kier alpha value is -3.19. The third-order valence-electron chi connectivity index (χ3n) is 25.1. The topological polar surface area (TPSA) is 1010 Å². The second-order valence-corrected chi connectivity index (χ2v) is 36.2. The number of carbonyl (C=O) groups excluding carboxylic acids is 2. The van der Waals surface area contributed by atoms with Crippen LogP contribution in [0.4, 0.5) is 0 Å². The lowest BCUT2D eigenvalue weighted by Crippen LogP contribution is -2.71. The van der Waals surface area contributed by atoms with E-state index < -0.39 is 462 Å². The van der Waals surface area contributed by atoms with E-state index >= 15 is 0 Å². The summed E-state index contributed by atoms with van der Waals surface area (Å²) in [6.45, 7) is -14.1. The number of phosphoric acid groups is 1. The minimum absolute atomic E-state index is 0.472. The molecule has 11 fully saturated rings.